The summed E-state index contributed by atoms with van der Waals surface area (Å²) in [4.78, 5) is 0.403. The van der Waals surface area contributed by atoms with Crippen molar-refractivity contribution in [1.82, 2.24) is 19.1 Å². The Morgan fingerprint density at radius 1 is 0.963 bits per heavy atom. The molecule has 1 aliphatic carbocycles. The first-order chi connectivity index (χ1) is 13.1. The normalized spacial score (nSPS) is 22.8. The topological polar surface area (TPSA) is 68.1 Å². The number of sulfonamides is 1. The summed E-state index contributed by atoms with van der Waals surface area (Å²) >= 11 is 0. The van der Waals surface area contributed by atoms with Gasteiger partial charge in [0.25, 0.3) is 0 Å². The molecule has 2 heterocycles. The van der Waals surface area contributed by atoms with Gasteiger partial charge in [0.1, 0.15) is 12.2 Å². The van der Waals surface area contributed by atoms with Gasteiger partial charge in [-0.25, -0.2) is 8.42 Å². The Morgan fingerprint density at radius 2 is 1.67 bits per heavy atom. The lowest BCUT2D eigenvalue weighted by Crippen LogP contribution is -2.39. The number of aryl methyl sites for hydroxylation is 1. The SMILES string of the molecule is Cn1cnnc1C1CCCN(S(=O)(=O)c2ccc(C3CCCCC3)cc2)C1. The lowest BCUT2D eigenvalue weighted by atomic mass is 9.84. The van der Waals surface area contributed by atoms with Gasteiger partial charge in [-0.15, -0.1) is 10.2 Å². The van der Waals surface area contributed by atoms with Crippen LogP contribution in [0.5, 0.6) is 0 Å². The van der Waals surface area contributed by atoms with Gasteiger partial charge >= 0.3 is 0 Å². The van der Waals surface area contributed by atoms with Gasteiger partial charge in [-0.05, 0) is 49.3 Å². The van der Waals surface area contributed by atoms with Gasteiger partial charge in [0, 0.05) is 26.1 Å². The highest BCUT2D eigenvalue weighted by atomic mass is 32.2. The Hall–Kier alpha value is -1.73. The monoisotopic (exact) mass is 388 g/mol. The average molecular weight is 389 g/mol. The number of benzene rings is 1. The third kappa shape index (κ3) is 3.80. The van der Waals surface area contributed by atoms with Crippen LogP contribution in [0.15, 0.2) is 35.5 Å². The van der Waals surface area contributed by atoms with E-state index in [9.17, 15) is 8.42 Å². The summed E-state index contributed by atoms with van der Waals surface area (Å²) in [6.07, 6.45) is 9.78. The summed E-state index contributed by atoms with van der Waals surface area (Å²) in [6.45, 7) is 1.04. The quantitative estimate of drug-likeness (QED) is 0.805. The van der Waals surface area contributed by atoms with Crippen LogP contribution in [0.4, 0.5) is 0 Å². The maximum absolute atomic E-state index is 13.2. The van der Waals surface area contributed by atoms with Gasteiger partial charge in [0.05, 0.1) is 4.90 Å². The molecule has 7 heteroatoms. The van der Waals surface area contributed by atoms with E-state index in [2.05, 4.69) is 10.2 Å². The van der Waals surface area contributed by atoms with E-state index in [0.717, 1.165) is 18.7 Å². The number of rotatable bonds is 4. The van der Waals surface area contributed by atoms with Crippen LogP contribution in [0.1, 0.15) is 68.2 Å². The van der Waals surface area contributed by atoms with Crippen LogP contribution >= 0.6 is 0 Å². The highest BCUT2D eigenvalue weighted by molar-refractivity contribution is 7.89. The highest BCUT2D eigenvalue weighted by Crippen LogP contribution is 2.34. The zero-order chi connectivity index (χ0) is 18.9. The molecule has 0 spiro atoms. The highest BCUT2D eigenvalue weighted by Gasteiger charge is 2.32. The van der Waals surface area contributed by atoms with Crippen molar-refractivity contribution in [2.24, 2.45) is 7.05 Å². The van der Waals surface area contributed by atoms with E-state index in [0.29, 0.717) is 23.9 Å². The predicted molar refractivity (Wildman–Crippen MR) is 104 cm³/mol. The van der Waals surface area contributed by atoms with E-state index in [4.69, 9.17) is 0 Å². The van der Waals surface area contributed by atoms with Crippen molar-refractivity contribution < 1.29 is 8.42 Å². The summed E-state index contributed by atoms with van der Waals surface area (Å²) in [7, 11) is -1.56. The Labute approximate surface area is 161 Å². The molecule has 6 nitrogen and oxygen atoms in total. The molecule has 146 valence electrons. The van der Waals surface area contributed by atoms with E-state index >= 15 is 0 Å². The zero-order valence-electron chi connectivity index (χ0n) is 15.9. The second-order valence-electron chi connectivity index (χ2n) is 7.91. The van der Waals surface area contributed by atoms with Gasteiger partial charge in [-0.2, -0.15) is 4.31 Å². The fraction of sp³-hybridized carbons (Fsp3) is 0.600. The number of hydrogen-bond donors (Lipinski definition) is 0. The Balaban J connectivity index is 1.51. The molecule has 1 aliphatic heterocycles. The minimum atomic E-state index is -3.47. The van der Waals surface area contributed by atoms with Crippen LogP contribution in [0, 0.1) is 0 Å². The molecule has 1 saturated heterocycles. The molecule has 0 amide bonds. The Morgan fingerprint density at radius 3 is 2.33 bits per heavy atom. The fourth-order valence-electron chi connectivity index (χ4n) is 4.53. The molecule has 0 bridgehead atoms. The molecule has 1 aromatic carbocycles. The van der Waals surface area contributed by atoms with Crippen LogP contribution in [-0.2, 0) is 17.1 Å². The van der Waals surface area contributed by atoms with Crippen LogP contribution in [0.3, 0.4) is 0 Å². The van der Waals surface area contributed by atoms with Crippen LogP contribution in [0.25, 0.3) is 0 Å². The standard InChI is InChI=1S/C20H28N4O2S/c1-23-15-21-22-20(23)18-8-5-13-24(14-18)27(25,26)19-11-9-17(10-12-19)16-6-3-2-4-7-16/h9-12,15-16,18H,2-8,13-14H2,1H3. The van der Waals surface area contributed by atoms with Gasteiger partial charge < -0.3 is 4.57 Å². The third-order valence-electron chi connectivity index (χ3n) is 6.09. The van der Waals surface area contributed by atoms with E-state index < -0.39 is 10.0 Å². The lowest BCUT2D eigenvalue weighted by Gasteiger charge is -2.31. The summed E-state index contributed by atoms with van der Waals surface area (Å²) in [5.74, 6) is 1.55. The molecule has 2 aliphatic rings. The first-order valence-electron chi connectivity index (χ1n) is 10.00. The maximum atomic E-state index is 13.2. The van der Waals surface area contributed by atoms with Crippen molar-refractivity contribution in [2.75, 3.05) is 13.1 Å². The average Bonchev–Trinajstić information content (AvgIpc) is 3.15. The molecule has 27 heavy (non-hydrogen) atoms. The van der Waals surface area contributed by atoms with Gasteiger partial charge in [0.15, 0.2) is 0 Å². The molecular formula is C20H28N4O2S. The first kappa shape index (κ1) is 18.6. The third-order valence-corrected chi connectivity index (χ3v) is 7.97. The molecule has 2 aromatic rings. The van der Waals surface area contributed by atoms with Crippen molar-refractivity contribution in [2.45, 2.75) is 61.7 Å². The Kier molecular flexibility index (Phi) is 5.32. The van der Waals surface area contributed by atoms with Crippen LogP contribution < -0.4 is 0 Å². The lowest BCUT2D eigenvalue weighted by molar-refractivity contribution is 0.306. The molecule has 1 aromatic heterocycles. The molecule has 4 rings (SSSR count). The smallest absolute Gasteiger partial charge is 0.243 e. The van der Waals surface area contributed by atoms with Crippen molar-refractivity contribution >= 4 is 10.0 Å². The zero-order valence-corrected chi connectivity index (χ0v) is 16.7. The van der Waals surface area contributed by atoms with Crippen molar-refractivity contribution in [3.05, 3.63) is 42.0 Å². The van der Waals surface area contributed by atoms with Crippen molar-refractivity contribution in [3.8, 4) is 0 Å². The molecular weight excluding hydrogens is 360 g/mol. The van der Waals surface area contributed by atoms with Gasteiger partial charge in [-0.3, -0.25) is 0 Å². The molecule has 0 radical (unpaired) electrons. The first-order valence-corrected chi connectivity index (χ1v) is 11.4. The molecule has 2 fully saturated rings. The fourth-order valence-corrected chi connectivity index (χ4v) is 6.05. The summed E-state index contributed by atoms with van der Waals surface area (Å²) in [5.41, 5.74) is 1.28. The van der Waals surface area contributed by atoms with Gasteiger partial charge in [-0.1, -0.05) is 31.4 Å². The molecule has 1 saturated carbocycles. The number of hydrogen-bond acceptors (Lipinski definition) is 4. The molecule has 1 atom stereocenters. The molecule has 1 unspecified atom stereocenters. The van der Waals surface area contributed by atoms with E-state index in [1.807, 2.05) is 23.7 Å². The minimum Gasteiger partial charge on any atom is -0.320 e. The minimum absolute atomic E-state index is 0.0996. The van der Waals surface area contributed by atoms with E-state index in [1.54, 1.807) is 22.8 Å². The second-order valence-corrected chi connectivity index (χ2v) is 9.84. The van der Waals surface area contributed by atoms with E-state index in [-0.39, 0.29) is 5.92 Å². The maximum Gasteiger partial charge on any atom is 0.243 e. The van der Waals surface area contributed by atoms with Crippen LogP contribution in [-0.4, -0.2) is 40.6 Å². The van der Waals surface area contributed by atoms with Crippen LogP contribution in [0.2, 0.25) is 0 Å². The van der Waals surface area contributed by atoms with Crippen molar-refractivity contribution in [1.29, 1.82) is 0 Å². The second kappa shape index (κ2) is 7.72. The number of nitrogens with zero attached hydrogens (tertiary/aromatic N) is 4. The van der Waals surface area contributed by atoms with E-state index in [1.165, 1.54) is 37.7 Å². The number of piperidine rings is 1. The number of aromatic nitrogens is 3. The summed E-state index contributed by atoms with van der Waals surface area (Å²) in [5, 5.41) is 8.12. The largest absolute Gasteiger partial charge is 0.320 e. The Bertz CT molecular complexity index is 870. The van der Waals surface area contributed by atoms with Crippen molar-refractivity contribution in [3.63, 3.8) is 0 Å². The predicted octanol–water partition coefficient (Wildman–Crippen LogP) is 3.43. The van der Waals surface area contributed by atoms with Gasteiger partial charge in [0.2, 0.25) is 10.0 Å². The summed E-state index contributed by atoms with van der Waals surface area (Å²) in [6, 6.07) is 7.64. The molecule has 0 N–H and O–H groups in total. The summed E-state index contributed by atoms with van der Waals surface area (Å²) < 4.78 is 29.8.